The van der Waals surface area contributed by atoms with Crippen molar-refractivity contribution in [2.45, 2.75) is 76.2 Å². The van der Waals surface area contributed by atoms with E-state index in [0.717, 1.165) is 36.8 Å². The highest BCUT2D eigenvalue weighted by molar-refractivity contribution is 6.03. The van der Waals surface area contributed by atoms with Crippen molar-refractivity contribution in [3.8, 4) is 11.5 Å². The van der Waals surface area contributed by atoms with Gasteiger partial charge < -0.3 is 34.2 Å². The van der Waals surface area contributed by atoms with Crippen molar-refractivity contribution in [1.82, 2.24) is 4.90 Å². The number of benzene rings is 3. The molecule has 6 rings (SSSR count). The summed E-state index contributed by atoms with van der Waals surface area (Å²) in [6.45, 7) is 6.42. The predicted octanol–water partition coefficient (Wildman–Crippen LogP) is 8.14. The van der Waals surface area contributed by atoms with Crippen molar-refractivity contribution in [1.29, 1.82) is 0 Å². The summed E-state index contributed by atoms with van der Waals surface area (Å²) in [6.07, 6.45) is 11.6. The van der Waals surface area contributed by atoms with Gasteiger partial charge in [-0.05, 0) is 98.1 Å². The number of ether oxygens (including phenoxy) is 3. The second-order valence-corrected chi connectivity index (χ2v) is 15.2. The van der Waals surface area contributed by atoms with Gasteiger partial charge in [-0.1, -0.05) is 48.3 Å². The quantitative estimate of drug-likeness (QED) is 0.0379. The molecule has 3 aliphatic rings. The second kappa shape index (κ2) is 20.1. The van der Waals surface area contributed by atoms with Crippen LogP contribution in [0.4, 0.5) is 10.1 Å². The molecule has 1 heterocycles. The van der Waals surface area contributed by atoms with Crippen LogP contribution in [0.2, 0.25) is 0 Å². The summed E-state index contributed by atoms with van der Waals surface area (Å²) in [7, 11) is 1.70. The summed E-state index contributed by atoms with van der Waals surface area (Å²) >= 11 is 0. The van der Waals surface area contributed by atoms with E-state index in [4.69, 9.17) is 19.0 Å². The fourth-order valence-corrected chi connectivity index (χ4v) is 8.88. The van der Waals surface area contributed by atoms with Gasteiger partial charge in [0.1, 0.15) is 36.6 Å². The summed E-state index contributed by atoms with van der Waals surface area (Å²) < 4.78 is 35.0. The lowest BCUT2D eigenvalue weighted by atomic mass is 9.55. The van der Waals surface area contributed by atoms with Gasteiger partial charge in [-0.25, -0.2) is 4.39 Å². The minimum Gasteiger partial charge on any atom is -0.489 e. The van der Waals surface area contributed by atoms with Crippen LogP contribution in [0.3, 0.4) is 0 Å². The third-order valence-corrected chi connectivity index (χ3v) is 11.6. The van der Waals surface area contributed by atoms with E-state index in [1.165, 1.54) is 24.3 Å². The molecule has 1 amide bonds. The average Bonchev–Trinajstić information content (AvgIpc) is 3.24. The lowest BCUT2D eigenvalue weighted by molar-refractivity contribution is -0.384. The van der Waals surface area contributed by atoms with E-state index in [1.807, 2.05) is 19.1 Å². The highest BCUT2D eigenvalue weighted by atomic mass is 19.1. The number of nitro groups is 1. The van der Waals surface area contributed by atoms with E-state index < -0.39 is 22.7 Å². The summed E-state index contributed by atoms with van der Waals surface area (Å²) in [5.74, 6) is -1.73. The molecule has 6 atom stereocenters. The Morgan fingerprint density at radius 2 is 1.83 bits per heavy atom. The van der Waals surface area contributed by atoms with Crippen LogP contribution in [0.25, 0.3) is 6.08 Å². The van der Waals surface area contributed by atoms with Crippen LogP contribution in [-0.4, -0.2) is 77.0 Å². The molecule has 0 radical (unpaired) electrons. The van der Waals surface area contributed by atoms with Crippen molar-refractivity contribution in [3.63, 3.8) is 0 Å². The normalized spacial score (nSPS) is 23.8. The molecule has 13 heteroatoms. The van der Waals surface area contributed by atoms with Crippen LogP contribution in [0.15, 0.2) is 102 Å². The van der Waals surface area contributed by atoms with E-state index in [2.05, 4.69) is 17.8 Å². The number of rotatable bonds is 20. The Morgan fingerprint density at radius 3 is 2.53 bits per heavy atom. The molecular formula is C46H54FN3O9. The Morgan fingerprint density at radius 1 is 1.08 bits per heavy atom. The van der Waals surface area contributed by atoms with Gasteiger partial charge in [0, 0.05) is 61.9 Å². The fourth-order valence-electron chi connectivity index (χ4n) is 8.88. The standard InChI is InChI=1S/C46H54FN3O9/c1-4-26-57-46-42(49(3)43(53)23-18-31-16-19-34(20-17-31)50(54)55)29-40(48-58-5-2)37-27-32(12-8-10-24-51)36(14-9-11-25-52)44(45(37)46)38-28-35(21-22-41(38)59-46)56-30-33-13-6-7-15-39(33)47/h4,6-7,13,15-23,27-28,32,36,42,44-45,51-52H,1,5,8-12,14,24-26,29-30H2,2-3H3/t32-,36+,42-,44+,45+,46+/m0/s1. The van der Waals surface area contributed by atoms with Crippen LogP contribution in [0.5, 0.6) is 11.5 Å². The third kappa shape index (κ3) is 9.59. The van der Waals surface area contributed by atoms with Gasteiger partial charge in [0.2, 0.25) is 11.7 Å². The highest BCUT2D eigenvalue weighted by Crippen LogP contribution is 2.61. The SMILES string of the molecule is C=CCO[C@@]12Oc3ccc(OCc4ccccc4F)cc3[C@H]3[C@H](CCCCO)[C@@H](CCCCO)C=C(C(=NOCC)C[C@@H]1N(C)C(=O)C=Cc1ccc([N+](=O)[O-])cc1)[C@H]32. The van der Waals surface area contributed by atoms with Crippen molar-refractivity contribution in [2.24, 2.45) is 22.9 Å². The molecule has 0 aromatic heterocycles. The number of hydrogen-bond acceptors (Lipinski definition) is 10. The zero-order valence-corrected chi connectivity index (χ0v) is 33.7. The van der Waals surface area contributed by atoms with E-state index >= 15 is 0 Å². The molecule has 1 saturated carbocycles. The zero-order chi connectivity index (χ0) is 41.9. The number of carbonyl (C=O) groups is 1. The Kier molecular flexibility index (Phi) is 14.7. The molecule has 2 aliphatic carbocycles. The monoisotopic (exact) mass is 811 g/mol. The number of nitro benzene ring substituents is 1. The number of halogens is 1. The number of likely N-dealkylation sites (N-methyl/N-ethyl adjacent to an activating group) is 1. The number of allylic oxidation sites excluding steroid dienone is 1. The summed E-state index contributed by atoms with van der Waals surface area (Å²) in [4.78, 5) is 32.3. The van der Waals surface area contributed by atoms with E-state index in [0.29, 0.717) is 47.8 Å². The summed E-state index contributed by atoms with van der Waals surface area (Å²) in [6, 6.07) is 17.3. The van der Waals surface area contributed by atoms with Crippen molar-refractivity contribution in [3.05, 3.63) is 130 Å². The van der Waals surface area contributed by atoms with Crippen LogP contribution in [-0.2, 0) is 21.0 Å². The maximum absolute atomic E-state index is 14.7. The number of unbranched alkanes of at least 4 members (excludes halogenated alkanes) is 2. The van der Waals surface area contributed by atoms with Crippen molar-refractivity contribution in [2.75, 3.05) is 33.5 Å². The number of amides is 1. The topological polar surface area (TPSA) is 153 Å². The number of aliphatic hydroxyl groups is 2. The smallest absolute Gasteiger partial charge is 0.269 e. The Hall–Kier alpha value is -5.37. The fraction of sp³-hybridized carbons (Fsp3) is 0.435. The summed E-state index contributed by atoms with van der Waals surface area (Å²) in [5.41, 5.74) is 3.45. The largest absolute Gasteiger partial charge is 0.489 e. The molecule has 3 aromatic carbocycles. The van der Waals surface area contributed by atoms with Crippen LogP contribution >= 0.6 is 0 Å². The van der Waals surface area contributed by atoms with Crippen LogP contribution in [0, 0.1) is 33.7 Å². The number of nitrogens with zero attached hydrogens (tertiary/aromatic N) is 3. The van der Waals surface area contributed by atoms with Gasteiger partial charge in [0.25, 0.3) is 5.69 Å². The number of non-ortho nitro benzene ring substituents is 1. The molecule has 1 fully saturated rings. The molecule has 1 aliphatic heterocycles. The first kappa shape index (κ1) is 43.2. The lowest BCUT2D eigenvalue weighted by Gasteiger charge is -2.59. The summed E-state index contributed by atoms with van der Waals surface area (Å²) in [5, 5.41) is 35.6. The van der Waals surface area contributed by atoms with E-state index in [9.17, 15) is 29.5 Å². The van der Waals surface area contributed by atoms with Gasteiger partial charge in [-0.15, -0.1) is 6.58 Å². The first-order chi connectivity index (χ1) is 28.6. The van der Waals surface area contributed by atoms with Crippen LogP contribution < -0.4 is 9.47 Å². The molecule has 59 heavy (non-hydrogen) atoms. The molecule has 314 valence electrons. The molecule has 0 unspecified atom stereocenters. The van der Waals surface area contributed by atoms with Gasteiger partial charge in [-0.2, -0.15) is 0 Å². The first-order valence-electron chi connectivity index (χ1n) is 20.4. The molecule has 2 N–H and O–H groups in total. The molecule has 12 nitrogen and oxygen atoms in total. The van der Waals surface area contributed by atoms with Gasteiger partial charge in [-0.3, -0.25) is 14.9 Å². The third-order valence-electron chi connectivity index (χ3n) is 11.6. The van der Waals surface area contributed by atoms with Gasteiger partial charge in [0.15, 0.2) is 0 Å². The molecule has 3 aromatic rings. The molecule has 0 spiro atoms. The zero-order valence-electron chi connectivity index (χ0n) is 33.7. The van der Waals surface area contributed by atoms with Gasteiger partial charge in [0.05, 0.1) is 23.2 Å². The minimum absolute atomic E-state index is 0.0142. The Labute approximate surface area is 344 Å². The van der Waals surface area contributed by atoms with Crippen molar-refractivity contribution >= 4 is 23.4 Å². The number of aliphatic hydroxyl groups excluding tert-OH is 2. The highest BCUT2D eigenvalue weighted by Gasteiger charge is 2.65. The van der Waals surface area contributed by atoms with Crippen molar-refractivity contribution < 1.29 is 43.4 Å². The average molecular weight is 812 g/mol. The number of oxime groups is 1. The predicted molar refractivity (Wildman–Crippen MR) is 222 cm³/mol. The number of carbonyl (C=O) groups excluding carboxylic acids is 1. The minimum atomic E-state index is -1.44. The molecule has 0 saturated heterocycles. The number of hydrogen-bond donors (Lipinski definition) is 2. The first-order valence-corrected chi connectivity index (χ1v) is 20.4. The maximum atomic E-state index is 14.7. The maximum Gasteiger partial charge on any atom is 0.269 e. The number of fused-ring (bicyclic) bond motifs is 2. The lowest BCUT2D eigenvalue weighted by Crippen LogP contribution is -2.69. The molecular weight excluding hydrogens is 758 g/mol. The Bertz CT molecular complexity index is 2040. The molecule has 0 bridgehead atoms. The van der Waals surface area contributed by atoms with Gasteiger partial charge >= 0.3 is 0 Å². The Balaban J connectivity index is 1.49. The van der Waals surface area contributed by atoms with E-state index in [-0.39, 0.29) is 68.0 Å². The van der Waals surface area contributed by atoms with E-state index in [1.54, 1.807) is 60.5 Å². The van der Waals surface area contributed by atoms with Crippen LogP contribution in [0.1, 0.15) is 74.5 Å². The second-order valence-electron chi connectivity index (χ2n) is 15.2.